The molecule has 0 aliphatic heterocycles. The number of pyridine rings is 2. The quantitative estimate of drug-likeness (QED) is 0.699. The zero-order valence-electron chi connectivity index (χ0n) is 16.6. The molecule has 1 aromatic carbocycles. The van der Waals surface area contributed by atoms with Gasteiger partial charge < -0.3 is 4.98 Å². The van der Waals surface area contributed by atoms with Gasteiger partial charge in [0.15, 0.2) is 0 Å². The number of benzene rings is 1. The second-order valence-electron chi connectivity index (χ2n) is 7.83. The summed E-state index contributed by atoms with van der Waals surface area (Å²) in [5.74, 6) is 1.23. The Labute approximate surface area is 170 Å². The van der Waals surface area contributed by atoms with Gasteiger partial charge in [0.2, 0.25) is 5.56 Å². The van der Waals surface area contributed by atoms with Crippen LogP contribution in [0.4, 0.5) is 0 Å². The standard InChI is InChI=1S/C25H23N3O/c1-16-11-20-12-25(29)28-15-24(20)22(17(16)2)10-9-21-8-7-19(14-27-21)23-6-4-3-5-18(23)13-26/h3-10,12,14-17,22H,11H2,1-2H3,(H,28,29)/t16-,17+,22-/m0/s1. The lowest BCUT2D eigenvalue weighted by Crippen LogP contribution is -2.26. The van der Waals surface area contributed by atoms with E-state index < -0.39 is 0 Å². The van der Waals surface area contributed by atoms with E-state index in [9.17, 15) is 10.1 Å². The average molecular weight is 381 g/mol. The third-order valence-electron chi connectivity index (χ3n) is 6.03. The minimum atomic E-state index is -0.0388. The fraction of sp³-hybridized carbons (Fsp3) is 0.240. The van der Waals surface area contributed by atoms with Crippen LogP contribution in [0.25, 0.3) is 17.2 Å². The lowest BCUT2D eigenvalue weighted by atomic mass is 9.71. The summed E-state index contributed by atoms with van der Waals surface area (Å²) in [6.45, 7) is 4.51. The molecule has 4 nitrogen and oxygen atoms in total. The maximum absolute atomic E-state index is 11.7. The van der Waals surface area contributed by atoms with Gasteiger partial charge in [-0.25, -0.2) is 0 Å². The van der Waals surface area contributed by atoms with Crippen molar-refractivity contribution in [2.24, 2.45) is 11.8 Å². The summed E-state index contributed by atoms with van der Waals surface area (Å²) in [6, 6.07) is 15.5. The van der Waals surface area contributed by atoms with E-state index in [1.165, 1.54) is 5.56 Å². The van der Waals surface area contributed by atoms with Crippen molar-refractivity contribution in [1.82, 2.24) is 9.97 Å². The topological polar surface area (TPSA) is 69.5 Å². The number of fused-ring (bicyclic) bond motifs is 1. The lowest BCUT2D eigenvalue weighted by Gasteiger charge is -2.34. The van der Waals surface area contributed by atoms with Gasteiger partial charge in [-0.05, 0) is 47.6 Å². The summed E-state index contributed by atoms with van der Waals surface area (Å²) in [4.78, 5) is 19.1. The van der Waals surface area contributed by atoms with Crippen LogP contribution >= 0.6 is 0 Å². The first-order valence-corrected chi connectivity index (χ1v) is 9.92. The van der Waals surface area contributed by atoms with Gasteiger partial charge in [-0.1, -0.05) is 44.2 Å². The van der Waals surface area contributed by atoms with Crippen LogP contribution < -0.4 is 5.56 Å². The molecule has 0 unspecified atom stereocenters. The number of nitrogens with one attached hydrogen (secondary N) is 1. The number of hydrogen-bond acceptors (Lipinski definition) is 3. The zero-order chi connectivity index (χ0) is 20.4. The molecule has 144 valence electrons. The van der Waals surface area contributed by atoms with Crippen molar-refractivity contribution in [3.63, 3.8) is 0 Å². The molecule has 0 fully saturated rings. The molecule has 0 spiro atoms. The minimum absolute atomic E-state index is 0.0388. The Kier molecular flexibility index (Phi) is 5.14. The van der Waals surface area contributed by atoms with Crippen LogP contribution in [0.15, 0.2) is 65.7 Å². The largest absolute Gasteiger partial charge is 0.329 e. The second kappa shape index (κ2) is 7.89. The van der Waals surface area contributed by atoms with E-state index in [0.717, 1.165) is 28.8 Å². The fourth-order valence-electron chi connectivity index (χ4n) is 4.16. The summed E-state index contributed by atoms with van der Waals surface area (Å²) < 4.78 is 0. The van der Waals surface area contributed by atoms with Crippen molar-refractivity contribution in [2.75, 3.05) is 0 Å². The Morgan fingerprint density at radius 2 is 2.03 bits per heavy atom. The molecule has 0 bridgehead atoms. The van der Waals surface area contributed by atoms with Gasteiger partial charge >= 0.3 is 0 Å². The van der Waals surface area contributed by atoms with E-state index in [-0.39, 0.29) is 11.5 Å². The molecule has 3 aromatic rings. The van der Waals surface area contributed by atoms with E-state index in [0.29, 0.717) is 17.4 Å². The van der Waals surface area contributed by atoms with Crippen molar-refractivity contribution >= 4 is 6.08 Å². The second-order valence-corrected chi connectivity index (χ2v) is 7.83. The van der Waals surface area contributed by atoms with Gasteiger partial charge in [0.05, 0.1) is 17.3 Å². The van der Waals surface area contributed by atoms with Crippen molar-refractivity contribution in [2.45, 2.75) is 26.2 Å². The number of aromatic amines is 1. The van der Waals surface area contributed by atoms with Crippen LogP contribution in [0, 0.1) is 23.2 Å². The van der Waals surface area contributed by atoms with Crippen LogP contribution in [0.3, 0.4) is 0 Å². The average Bonchev–Trinajstić information content (AvgIpc) is 2.74. The summed E-state index contributed by atoms with van der Waals surface area (Å²) in [5, 5.41) is 9.30. The molecule has 1 aliphatic rings. The number of nitrogens with zero attached hydrogens (tertiary/aromatic N) is 2. The molecular formula is C25H23N3O. The van der Waals surface area contributed by atoms with Crippen LogP contribution in [0.1, 0.15) is 42.1 Å². The van der Waals surface area contributed by atoms with Gasteiger partial charge in [0, 0.05) is 35.5 Å². The van der Waals surface area contributed by atoms with Gasteiger partial charge in [-0.15, -0.1) is 0 Å². The Balaban J connectivity index is 1.61. The van der Waals surface area contributed by atoms with Gasteiger partial charge in [-0.3, -0.25) is 9.78 Å². The number of nitriles is 1. The molecule has 0 saturated carbocycles. The summed E-state index contributed by atoms with van der Waals surface area (Å²) >= 11 is 0. The van der Waals surface area contributed by atoms with Crippen LogP contribution in [-0.4, -0.2) is 9.97 Å². The molecule has 3 atom stereocenters. The van der Waals surface area contributed by atoms with E-state index in [1.807, 2.05) is 54.9 Å². The minimum Gasteiger partial charge on any atom is -0.329 e. The van der Waals surface area contributed by atoms with Gasteiger partial charge in [-0.2, -0.15) is 5.26 Å². The van der Waals surface area contributed by atoms with Crippen LogP contribution in [0.5, 0.6) is 0 Å². The van der Waals surface area contributed by atoms with Crippen molar-refractivity contribution in [1.29, 1.82) is 5.26 Å². The molecule has 0 saturated heterocycles. The molecule has 1 aliphatic carbocycles. The Bertz CT molecular complexity index is 1150. The lowest BCUT2D eigenvalue weighted by molar-refractivity contribution is 0.331. The molecule has 0 amide bonds. The smallest absolute Gasteiger partial charge is 0.248 e. The van der Waals surface area contributed by atoms with E-state index in [2.05, 4.69) is 36.0 Å². The number of hydrogen-bond donors (Lipinski definition) is 1. The molecule has 1 N–H and O–H groups in total. The first-order chi connectivity index (χ1) is 14.1. The third kappa shape index (κ3) is 3.77. The molecular weight excluding hydrogens is 358 g/mol. The van der Waals surface area contributed by atoms with Gasteiger partial charge in [0.25, 0.3) is 0 Å². The number of allylic oxidation sites excluding steroid dienone is 1. The summed E-state index contributed by atoms with van der Waals surface area (Å²) in [7, 11) is 0. The van der Waals surface area contributed by atoms with Gasteiger partial charge in [0.1, 0.15) is 0 Å². The van der Waals surface area contributed by atoms with Crippen molar-refractivity contribution < 1.29 is 0 Å². The van der Waals surface area contributed by atoms with Crippen LogP contribution in [-0.2, 0) is 6.42 Å². The summed E-state index contributed by atoms with van der Waals surface area (Å²) in [6.07, 6.45) is 8.87. The fourth-order valence-corrected chi connectivity index (χ4v) is 4.16. The molecule has 2 aromatic heterocycles. The monoisotopic (exact) mass is 381 g/mol. The molecule has 4 heteroatoms. The van der Waals surface area contributed by atoms with Crippen molar-refractivity contribution in [3.8, 4) is 17.2 Å². The Morgan fingerprint density at radius 3 is 2.79 bits per heavy atom. The SMILES string of the molecule is C[C@H]1[C@H](C=Cc2ccc(-c3ccccc3C#N)cn2)c2c[nH]c(=O)cc2C[C@@H]1C. The molecule has 2 heterocycles. The van der Waals surface area contributed by atoms with Crippen molar-refractivity contribution in [3.05, 3.63) is 93.7 Å². The Morgan fingerprint density at radius 1 is 1.21 bits per heavy atom. The maximum Gasteiger partial charge on any atom is 0.248 e. The highest BCUT2D eigenvalue weighted by atomic mass is 16.1. The maximum atomic E-state index is 11.7. The highest BCUT2D eigenvalue weighted by Crippen LogP contribution is 2.39. The molecule has 29 heavy (non-hydrogen) atoms. The number of rotatable bonds is 3. The predicted molar refractivity (Wildman–Crippen MR) is 115 cm³/mol. The first kappa shape index (κ1) is 18.9. The molecule has 4 rings (SSSR count). The van der Waals surface area contributed by atoms with E-state index in [4.69, 9.17) is 0 Å². The number of H-pyrrole nitrogens is 1. The third-order valence-corrected chi connectivity index (χ3v) is 6.03. The van der Waals surface area contributed by atoms with E-state index in [1.54, 1.807) is 6.07 Å². The number of aromatic nitrogens is 2. The highest BCUT2D eigenvalue weighted by Gasteiger charge is 2.30. The normalized spacial score (nSPS) is 20.9. The highest BCUT2D eigenvalue weighted by molar-refractivity contribution is 5.70. The predicted octanol–water partition coefficient (Wildman–Crippen LogP) is 4.93. The Hall–Kier alpha value is -3.45. The van der Waals surface area contributed by atoms with Crippen LogP contribution in [0.2, 0.25) is 0 Å². The van der Waals surface area contributed by atoms with E-state index >= 15 is 0 Å². The molecule has 0 radical (unpaired) electrons. The summed E-state index contributed by atoms with van der Waals surface area (Å²) in [5.41, 5.74) is 5.65. The first-order valence-electron chi connectivity index (χ1n) is 9.92. The zero-order valence-corrected chi connectivity index (χ0v) is 16.6.